The van der Waals surface area contributed by atoms with Gasteiger partial charge < -0.3 is 10.4 Å². The summed E-state index contributed by atoms with van der Waals surface area (Å²) in [6.45, 7) is 9.04. The van der Waals surface area contributed by atoms with Crippen molar-refractivity contribution < 1.29 is 5.11 Å². The lowest BCUT2D eigenvalue weighted by Gasteiger charge is -2.39. The Morgan fingerprint density at radius 3 is 2.74 bits per heavy atom. The molecule has 0 aromatic carbocycles. The lowest BCUT2D eigenvalue weighted by Crippen LogP contribution is -2.51. The van der Waals surface area contributed by atoms with Crippen molar-refractivity contribution in [3.8, 4) is 0 Å². The molecule has 0 bridgehead atoms. The first-order valence-corrected chi connectivity index (χ1v) is 8.21. The van der Waals surface area contributed by atoms with Crippen LogP contribution in [0.2, 0.25) is 0 Å². The summed E-state index contributed by atoms with van der Waals surface area (Å²) in [5.41, 5.74) is -0.124. The van der Waals surface area contributed by atoms with Gasteiger partial charge in [-0.2, -0.15) is 0 Å². The molecule has 1 aliphatic heterocycles. The van der Waals surface area contributed by atoms with Gasteiger partial charge in [0.2, 0.25) is 0 Å². The van der Waals surface area contributed by atoms with Crippen LogP contribution in [0.4, 0.5) is 0 Å². The van der Waals surface area contributed by atoms with E-state index in [9.17, 15) is 5.11 Å². The maximum atomic E-state index is 9.66. The fourth-order valence-electron chi connectivity index (χ4n) is 4.38. The first kappa shape index (κ1) is 15.3. The summed E-state index contributed by atoms with van der Waals surface area (Å²) >= 11 is 0. The van der Waals surface area contributed by atoms with Crippen LogP contribution in [-0.2, 0) is 0 Å². The number of likely N-dealkylation sites (tertiary alicyclic amines) is 1. The predicted octanol–water partition coefficient (Wildman–Crippen LogP) is 2.39. The van der Waals surface area contributed by atoms with Gasteiger partial charge in [0.25, 0.3) is 0 Å². The largest absolute Gasteiger partial charge is 0.394 e. The molecule has 0 radical (unpaired) electrons. The van der Waals surface area contributed by atoms with Crippen LogP contribution in [0.25, 0.3) is 0 Å². The summed E-state index contributed by atoms with van der Waals surface area (Å²) in [5, 5.41) is 13.1. The van der Waals surface area contributed by atoms with Gasteiger partial charge >= 0.3 is 0 Å². The standard InChI is InChI=1S/C16H32N2O/c1-4-17-16(3,12-19)11-13(2)18-10-9-14-7-5-6-8-15(14)18/h13-15,17,19H,4-12H2,1-3H3. The predicted molar refractivity (Wildman–Crippen MR) is 80.3 cm³/mol. The molecule has 2 aliphatic rings. The topological polar surface area (TPSA) is 35.5 Å². The highest BCUT2D eigenvalue weighted by Crippen LogP contribution is 2.38. The fourth-order valence-corrected chi connectivity index (χ4v) is 4.38. The number of rotatable bonds is 6. The zero-order valence-corrected chi connectivity index (χ0v) is 13.0. The van der Waals surface area contributed by atoms with Gasteiger partial charge in [0.1, 0.15) is 0 Å². The highest BCUT2D eigenvalue weighted by atomic mass is 16.3. The smallest absolute Gasteiger partial charge is 0.0611 e. The number of nitrogens with zero attached hydrogens (tertiary/aromatic N) is 1. The van der Waals surface area contributed by atoms with Crippen LogP contribution < -0.4 is 5.32 Å². The van der Waals surface area contributed by atoms with Crippen molar-refractivity contribution >= 4 is 0 Å². The Bertz CT molecular complexity index is 284. The third-order valence-electron chi connectivity index (χ3n) is 5.32. The molecule has 4 atom stereocenters. The summed E-state index contributed by atoms with van der Waals surface area (Å²) < 4.78 is 0. The van der Waals surface area contributed by atoms with E-state index in [1.807, 2.05) is 0 Å². The van der Waals surface area contributed by atoms with Gasteiger partial charge in [-0.3, -0.25) is 4.90 Å². The lowest BCUT2D eigenvalue weighted by molar-refractivity contribution is 0.0908. The normalized spacial score (nSPS) is 32.8. The summed E-state index contributed by atoms with van der Waals surface area (Å²) in [7, 11) is 0. The fraction of sp³-hybridized carbons (Fsp3) is 1.00. The Hall–Kier alpha value is -0.120. The number of aliphatic hydroxyl groups is 1. The molecule has 0 amide bonds. The number of likely N-dealkylation sites (N-methyl/N-ethyl adjacent to an activating group) is 1. The van der Waals surface area contributed by atoms with E-state index < -0.39 is 0 Å². The second-order valence-electron chi connectivity index (χ2n) is 6.94. The molecule has 112 valence electrons. The molecule has 2 fully saturated rings. The summed E-state index contributed by atoms with van der Waals surface area (Å²) in [5.74, 6) is 0.954. The van der Waals surface area contributed by atoms with Crippen molar-refractivity contribution in [3.05, 3.63) is 0 Å². The van der Waals surface area contributed by atoms with E-state index >= 15 is 0 Å². The van der Waals surface area contributed by atoms with Crippen LogP contribution >= 0.6 is 0 Å². The summed E-state index contributed by atoms with van der Waals surface area (Å²) in [6.07, 6.45) is 8.13. The Balaban J connectivity index is 1.93. The monoisotopic (exact) mass is 268 g/mol. The molecule has 3 heteroatoms. The third kappa shape index (κ3) is 3.50. The van der Waals surface area contributed by atoms with Gasteiger partial charge in [-0.1, -0.05) is 19.8 Å². The molecular weight excluding hydrogens is 236 g/mol. The zero-order valence-electron chi connectivity index (χ0n) is 13.0. The maximum absolute atomic E-state index is 9.66. The van der Waals surface area contributed by atoms with Crippen molar-refractivity contribution in [3.63, 3.8) is 0 Å². The van der Waals surface area contributed by atoms with Gasteiger partial charge in [0.05, 0.1) is 6.61 Å². The van der Waals surface area contributed by atoms with Crippen LogP contribution in [0.3, 0.4) is 0 Å². The molecule has 0 aromatic heterocycles. The SMILES string of the molecule is CCNC(C)(CO)CC(C)N1CCC2CCCCC21. The minimum atomic E-state index is -0.124. The average molecular weight is 268 g/mol. The molecular formula is C16H32N2O. The molecule has 19 heavy (non-hydrogen) atoms. The van der Waals surface area contributed by atoms with E-state index in [1.54, 1.807) is 0 Å². The molecule has 1 aliphatic carbocycles. The van der Waals surface area contributed by atoms with Crippen molar-refractivity contribution in [1.29, 1.82) is 0 Å². The summed E-state index contributed by atoms with van der Waals surface area (Å²) in [6, 6.07) is 1.40. The first-order chi connectivity index (χ1) is 9.09. The number of hydrogen-bond donors (Lipinski definition) is 2. The number of nitrogens with one attached hydrogen (secondary N) is 1. The first-order valence-electron chi connectivity index (χ1n) is 8.21. The molecule has 0 spiro atoms. The van der Waals surface area contributed by atoms with E-state index in [-0.39, 0.29) is 12.1 Å². The van der Waals surface area contributed by atoms with Crippen molar-refractivity contribution in [1.82, 2.24) is 10.2 Å². The molecule has 4 unspecified atom stereocenters. The number of hydrogen-bond acceptors (Lipinski definition) is 3. The molecule has 2 N–H and O–H groups in total. The molecule has 1 heterocycles. The molecule has 2 rings (SSSR count). The molecule has 1 saturated carbocycles. The highest BCUT2D eigenvalue weighted by molar-refractivity contribution is 4.95. The Labute approximate surface area is 118 Å². The van der Waals surface area contributed by atoms with E-state index in [1.165, 1.54) is 38.6 Å². The average Bonchev–Trinajstić information content (AvgIpc) is 2.83. The lowest BCUT2D eigenvalue weighted by atomic mass is 9.84. The van der Waals surface area contributed by atoms with Gasteiger partial charge in [-0.25, -0.2) is 0 Å². The number of aliphatic hydroxyl groups excluding tert-OH is 1. The highest BCUT2D eigenvalue weighted by Gasteiger charge is 2.39. The maximum Gasteiger partial charge on any atom is 0.0611 e. The van der Waals surface area contributed by atoms with E-state index in [0.717, 1.165) is 24.9 Å². The molecule has 1 saturated heterocycles. The molecule has 0 aromatic rings. The van der Waals surface area contributed by atoms with Crippen molar-refractivity contribution in [2.75, 3.05) is 19.7 Å². The van der Waals surface area contributed by atoms with Gasteiger partial charge in [0.15, 0.2) is 0 Å². The minimum Gasteiger partial charge on any atom is -0.394 e. The van der Waals surface area contributed by atoms with Crippen molar-refractivity contribution in [2.45, 2.75) is 76.9 Å². The second-order valence-corrected chi connectivity index (χ2v) is 6.94. The van der Waals surface area contributed by atoms with Crippen LogP contribution in [-0.4, -0.2) is 47.3 Å². The third-order valence-corrected chi connectivity index (χ3v) is 5.32. The van der Waals surface area contributed by atoms with E-state index in [0.29, 0.717) is 6.04 Å². The van der Waals surface area contributed by atoms with Crippen LogP contribution in [0.5, 0.6) is 0 Å². The van der Waals surface area contributed by atoms with Crippen molar-refractivity contribution in [2.24, 2.45) is 5.92 Å². The van der Waals surface area contributed by atoms with Gasteiger partial charge in [-0.05, 0) is 58.5 Å². The Kier molecular flexibility index (Phi) is 5.27. The minimum absolute atomic E-state index is 0.124. The van der Waals surface area contributed by atoms with E-state index in [2.05, 4.69) is 31.0 Å². The molecule has 3 nitrogen and oxygen atoms in total. The zero-order chi connectivity index (χ0) is 13.9. The Morgan fingerprint density at radius 1 is 1.32 bits per heavy atom. The number of fused-ring (bicyclic) bond motifs is 1. The van der Waals surface area contributed by atoms with Gasteiger partial charge in [0, 0.05) is 17.6 Å². The quantitative estimate of drug-likeness (QED) is 0.776. The van der Waals surface area contributed by atoms with Crippen LogP contribution in [0.1, 0.15) is 59.3 Å². The second kappa shape index (κ2) is 6.55. The van der Waals surface area contributed by atoms with E-state index in [4.69, 9.17) is 0 Å². The van der Waals surface area contributed by atoms with Crippen LogP contribution in [0.15, 0.2) is 0 Å². The summed E-state index contributed by atoms with van der Waals surface area (Å²) in [4.78, 5) is 2.73. The Morgan fingerprint density at radius 2 is 2.05 bits per heavy atom. The van der Waals surface area contributed by atoms with Gasteiger partial charge in [-0.15, -0.1) is 0 Å². The van der Waals surface area contributed by atoms with Crippen LogP contribution in [0, 0.1) is 5.92 Å².